The summed E-state index contributed by atoms with van der Waals surface area (Å²) >= 11 is 6.03. The molecule has 2 heterocycles. The zero-order valence-electron chi connectivity index (χ0n) is 17.9. The average molecular weight is 438 g/mol. The van der Waals surface area contributed by atoms with Gasteiger partial charge >= 0.3 is 0 Å². The lowest BCUT2D eigenvalue weighted by Gasteiger charge is -2.14. The Morgan fingerprint density at radius 1 is 1.19 bits per heavy atom. The topological polar surface area (TPSA) is 81.0 Å². The lowest BCUT2D eigenvalue weighted by atomic mass is 9.88. The molecule has 4 aromatic rings. The average Bonchev–Trinajstić information content (AvgIpc) is 3.32. The third-order valence-corrected chi connectivity index (χ3v) is 5.50. The first-order chi connectivity index (χ1) is 14.9. The van der Waals surface area contributed by atoms with Crippen molar-refractivity contribution in [2.45, 2.75) is 33.1 Å². The number of carbonyl (C=O) groups is 1. The van der Waals surface area contributed by atoms with Crippen molar-refractivity contribution in [3.8, 4) is 5.75 Å². The highest BCUT2D eigenvalue weighted by atomic mass is 35.5. The third kappa shape index (κ3) is 4.21. The zero-order chi connectivity index (χ0) is 22.1. The Morgan fingerprint density at radius 3 is 2.61 bits per heavy atom. The number of aromatic nitrogens is 3. The number of fused-ring (bicyclic) bond motifs is 1. The minimum Gasteiger partial charge on any atom is -0.497 e. The summed E-state index contributed by atoms with van der Waals surface area (Å²) in [6, 6.07) is 12.6. The summed E-state index contributed by atoms with van der Waals surface area (Å²) in [6.45, 7) is 6.11. The zero-order valence-corrected chi connectivity index (χ0v) is 18.7. The standard InChI is InChI=1S/C24H24ClN3O3/c1-13(2)11-20-27-24(31-28-20)22(23(29)15-5-7-16(25)8-6-15)21-14(3)26-19-10-9-17(30-4)12-18(19)21/h5-10,12-13,22,26H,11H2,1-4H3. The number of hydrogen-bond acceptors (Lipinski definition) is 5. The lowest BCUT2D eigenvalue weighted by Crippen LogP contribution is -2.16. The molecule has 160 valence electrons. The second-order valence-corrected chi connectivity index (χ2v) is 8.46. The Labute approximate surface area is 185 Å². The number of nitrogens with one attached hydrogen (secondary N) is 1. The van der Waals surface area contributed by atoms with Crippen molar-refractivity contribution < 1.29 is 14.1 Å². The van der Waals surface area contributed by atoms with Gasteiger partial charge in [-0.15, -0.1) is 0 Å². The maximum Gasteiger partial charge on any atom is 0.242 e. The molecule has 1 atom stereocenters. The first kappa shape index (κ1) is 21.1. The number of aryl methyl sites for hydroxylation is 1. The molecular weight excluding hydrogens is 414 g/mol. The maximum atomic E-state index is 13.7. The summed E-state index contributed by atoms with van der Waals surface area (Å²) in [7, 11) is 1.62. The Balaban J connectivity index is 1.89. The van der Waals surface area contributed by atoms with Crippen LogP contribution >= 0.6 is 11.6 Å². The van der Waals surface area contributed by atoms with Crippen molar-refractivity contribution in [2.75, 3.05) is 7.11 Å². The fraction of sp³-hybridized carbons (Fsp3) is 0.292. The van der Waals surface area contributed by atoms with Crippen LogP contribution in [0.4, 0.5) is 0 Å². The summed E-state index contributed by atoms with van der Waals surface area (Å²) in [5.41, 5.74) is 3.09. The van der Waals surface area contributed by atoms with E-state index in [2.05, 4.69) is 29.0 Å². The molecule has 31 heavy (non-hydrogen) atoms. The molecule has 2 aromatic heterocycles. The predicted octanol–water partition coefficient (Wildman–Crippen LogP) is 5.73. The highest BCUT2D eigenvalue weighted by Gasteiger charge is 2.33. The Bertz CT molecular complexity index is 1220. The molecule has 0 fully saturated rings. The van der Waals surface area contributed by atoms with Crippen LogP contribution in [0.25, 0.3) is 10.9 Å². The van der Waals surface area contributed by atoms with Crippen LogP contribution < -0.4 is 4.74 Å². The lowest BCUT2D eigenvalue weighted by molar-refractivity contribution is 0.0961. The van der Waals surface area contributed by atoms with Gasteiger partial charge in [0.2, 0.25) is 5.89 Å². The first-order valence-corrected chi connectivity index (χ1v) is 10.5. The molecule has 0 saturated heterocycles. The number of nitrogens with zero attached hydrogens (tertiary/aromatic N) is 2. The number of Topliss-reactive ketones (excluding diaryl/α,β-unsaturated/α-hetero) is 1. The van der Waals surface area contributed by atoms with E-state index in [1.807, 2.05) is 25.1 Å². The van der Waals surface area contributed by atoms with Gasteiger partial charge in [0, 0.05) is 39.2 Å². The van der Waals surface area contributed by atoms with Crippen molar-refractivity contribution in [3.05, 3.63) is 76.0 Å². The highest BCUT2D eigenvalue weighted by Crippen LogP contribution is 2.37. The van der Waals surface area contributed by atoms with Crippen molar-refractivity contribution in [3.63, 3.8) is 0 Å². The van der Waals surface area contributed by atoms with Crippen LogP contribution in [0.3, 0.4) is 0 Å². The van der Waals surface area contributed by atoms with Crippen LogP contribution in [0.2, 0.25) is 5.02 Å². The molecule has 0 aliphatic rings. The molecule has 0 spiro atoms. The number of ether oxygens (including phenoxy) is 1. The quantitative estimate of drug-likeness (QED) is 0.373. The fourth-order valence-corrected chi connectivity index (χ4v) is 3.93. The highest BCUT2D eigenvalue weighted by molar-refractivity contribution is 6.30. The molecule has 0 amide bonds. The van der Waals surface area contributed by atoms with Gasteiger partial charge in [0.05, 0.1) is 7.11 Å². The minimum atomic E-state index is -0.754. The van der Waals surface area contributed by atoms with Crippen LogP contribution in [0.1, 0.15) is 53.1 Å². The normalized spacial score (nSPS) is 12.5. The summed E-state index contributed by atoms with van der Waals surface area (Å²) in [5, 5.41) is 5.58. The van der Waals surface area contributed by atoms with Gasteiger partial charge in [-0.25, -0.2) is 0 Å². The number of aromatic amines is 1. The number of benzene rings is 2. The van der Waals surface area contributed by atoms with E-state index in [9.17, 15) is 4.79 Å². The number of rotatable bonds is 7. The van der Waals surface area contributed by atoms with Gasteiger partial charge in [0.1, 0.15) is 11.7 Å². The number of ketones is 1. The molecular formula is C24H24ClN3O3. The van der Waals surface area contributed by atoms with Gasteiger partial charge < -0.3 is 14.2 Å². The molecule has 2 aromatic carbocycles. The monoisotopic (exact) mass is 437 g/mol. The molecule has 0 radical (unpaired) electrons. The van der Waals surface area contributed by atoms with E-state index in [4.69, 9.17) is 20.9 Å². The predicted molar refractivity (Wildman–Crippen MR) is 120 cm³/mol. The number of carbonyl (C=O) groups excluding carboxylic acids is 1. The van der Waals surface area contributed by atoms with E-state index in [0.717, 1.165) is 22.2 Å². The molecule has 1 unspecified atom stereocenters. The number of halogens is 1. The van der Waals surface area contributed by atoms with Crippen molar-refractivity contribution in [2.24, 2.45) is 5.92 Å². The van der Waals surface area contributed by atoms with Gasteiger partial charge in [-0.2, -0.15) is 4.98 Å². The van der Waals surface area contributed by atoms with E-state index >= 15 is 0 Å². The summed E-state index contributed by atoms with van der Waals surface area (Å²) in [4.78, 5) is 21.7. The van der Waals surface area contributed by atoms with Gasteiger partial charge in [0.25, 0.3) is 0 Å². The van der Waals surface area contributed by atoms with Crippen molar-refractivity contribution in [1.82, 2.24) is 15.1 Å². The Morgan fingerprint density at radius 2 is 1.94 bits per heavy atom. The van der Waals surface area contributed by atoms with Gasteiger partial charge in [-0.3, -0.25) is 4.79 Å². The van der Waals surface area contributed by atoms with Crippen LogP contribution in [0, 0.1) is 12.8 Å². The smallest absolute Gasteiger partial charge is 0.242 e. The Hall–Kier alpha value is -3.12. The second kappa shape index (κ2) is 8.55. The van der Waals surface area contributed by atoms with Gasteiger partial charge in [-0.05, 0) is 55.3 Å². The van der Waals surface area contributed by atoms with Crippen molar-refractivity contribution in [1.29, 1.82) is 0 Å². The van der Waals surface area contributed by atoms with E-state index in [-0.39, 0.29) is 11.7 Å². The molecule has 1 N–H and O–H groups in total. The van der Waals surface area contributed by atoms with Gasteiger partial charge in [-0.1, -0.05) is 30.6 Å². The fourth-order valence-electron chi connectivity index (χ4n) is 3.81. The molecule has 0 aliphatic heterocycles. The van der Waals surface area contributed by atoms with Crippen LogP contribution in [-0.4, -0.2) is 28.0 Å². The van der Waals surface area contributed by atoms with Crippen LogP contribution in [-0.2, 0) is 6.42 Å². The molecule has 0 bridgehead atoms. The molecule has 0 saturated carbocycles. The second-order valence-electron chi connectivity index (χ2n) is 8.03. The van der Waals surface area contributed by atoms with E-state index in [1.165, 1.54) is 0 Å². The van der Waals surface area contributed by atoms with Gasteiger partial charge in [0.15, 0.2) is 11.6 Å². The molecule has 4 rings (SSSR count). The van der Waals surface area contributed by atoms with Crippen LogP contribution in [0.15, 0.2) is 47.0 Å². The number of hydrogen-bond donors (Lipinski definition) is 1. The van der Waals surface area contributed by atoms with E-state index < -0.39 is 5.92 Å². The van der Waals surface area contributed by atoms with E-state index in [1.54, 1.807) is 31.4 Å². The maximum absolute atomic E-state index is 13.7. The third-order valence-electron chi connectivity index (χ3n) is 5.24. The molecule has 0 aliphatic carbocycles. The number of H-pyrrole nitrogens is 1. The van der Waals surface area contributed by atoms with Crippen molar-refractivity contribution >= 4 is 28.3 Å². The first-order valence-electron chi connectivity index (χ1n) is 10.2. The minimum absolute atomic E-state index is 0.136. The SMILES string of the molecule is COc1ccc2[nH]c(C)c(C(C(=O)c3ccc(Cl)cc3)c3nc(CC(C)C)no3)c2c1. The summed E-state index contributed by atoms with van der Waals surface area (Å²) in [6.07, 6.45) is 0.673. The van der Waals surface area contributed by atoms with Crippen LogP contribution in [0.5, 0.6) is 5.75 Å². The summed E-state index contributed by atoms with van der Waals surface area (Å²) < 4.78 is 11.0. The van der Waals surface area contributed by atoms with E-state index in [0.29, 0.717) is 34.5 Å². The summed E-state index contributed by atoms with van der Waals surface area (Å²) in [5.74, 6) is 1.06. The Kier molecular flexibility index (Phi) is 5.83. The largest absolute Gasteiger partial charge is 0.497 e. The molecule has 7 heteroatoms. The number of methoxy groups -OCH3 is 1. The molecule has 6 nitrogen and oxygen atoms in total.